The first-order valence-corrected chi connectivity index (χ1v) is 14.8. The topological polar surface area (TPSA) is 69.7 Å². The molecule has 5 aliphatic rings. The average molecular weight is 582 g/mol. The van der Waals surface area contributed by atoms with Crippen LogP contribution in [-0.4, -0.2) is 97.3 Å². The van der Waals surface area contributed by atoms with Gasteiger partial charge in [0.05, 0.1) is 24.3 Å². The van der Waals surface area contributed by atoms with E-state index in [9.17, 15) is 26.3 Å². The van der Waals surface area contributed by atoms with Gasteiger partial charge in [-0.3, -0.25) is 26.3 Å². The fourth-order valence-corrected chi connectivity index (χ4v) is 8.58. The highest BCUT2D eigenvalue weighted by molar-refractivity contribution is 5.80. The van der Waals surface area contributed by atoms with Crippen molar-refractivity contribution in [3.8, 4) is 0 Å². The highest BCUT2D eigenvalue weighted by Crippen LogP contribution is 2.45. The number of halogens is 6. The monoisotopic (exact) mass is 581 g/mol. The predicted octanol–water partition coefficient (Wildman–Crippen LogP) is 3.84. The molecule has 0 amide bonds. The molecule has 2 saturated carbocycles. The number of rotatable bonds is 4. The average Bonchev–Trinajstić information content (AvgIpc) is 3.38. The summed E-state index contributed by atoms with van der Waals surface area (Å²) in [5.74, 6) is -0.716. The fraction of sp³-hybridized carbons (Fsp3) is 0.963. The highest BCUT2D eigenvalue weighted by atomic mass is 19.4. The minimum absolute atomic E-state index is 0.0474. The molecule has 9 unspecified atom stereocenters. The Morgan fingerprint density at radius 3 is 2.15 bits per heavy atom. The van der Waals surface area contributed by atoms with Gasteiger partial charge in [0.15, 0.2) is 5.96 Å². The lowest BCUT2D eigenvalue weighted by Gasteiger charge is -2.47. The Hall–Kier alpha value is -1.31. The van der Waals surface area contributed by atoms with Crippen LogP contribution in [0.5, 0.6) is 0 Å². The SMILES string of the molecule is CC1CC(C2NC(C(F)(F)F)CN2C)CC(C)C1CN1C(=N)N(C)C2CNC(C3CCCCC3C(F)(F)F)NC21. The number of guanidine groups is 1. The Morgan fingerprint density at radius 1 is 0.900 bits per heavy atom. The van der Waals surface area contributed by atoms with Crippen molar-refractivity contribution in [3.63, 3.8) is 0 Å². The maximum absolute atomic E-state index is 13.9. The van der Waals surface area contributed by atoms with Crippen LogP contribution >= 0.6 is 0 Å². The standard InChI is InChI=1S/C27H45F6N7/c1-14-9-16(23-36-21(13-38(23)3)27(31,32)33)10-15(2)18(14)12-40-24-20(39(4)25(40)34)11-35-22(37-24)17-7-5-6-8-19(17)26(28,29)30/h14-24,34-37H,5-13H2,1-4H3. The van der Waals surface area contributed by atoms with Gasteiger partial charge >= 0.3 is 12.4 Å². The van der Waals surface area contributed by atoms with E-state index in [1.807, 2.05) is 16.8 Å². The maximum Gasteiger partial charge on any atom is 0.405 e. The van der Waals surface area contributed by atoms with Crippen molar-refractivity contribution >= 4 is 5.96 Å². The van der Waals surface area contributed by atoms with E-state index in [0.717, 1.165) is 19.3 Å². The van der Waals surface area contributed by atoms with Crippen LogP contribution in [-0.2, 0) is 0 Å². The van der Waals surface area contributed by atoms with Gasteiger partial charge in [0, 0.05) is 26.7 Å². The normalized spacial score (nSPS) is 43.9. The maximum atomic E-state index is 13.9. The molecule has 3 saturated heterocycles. The quantitative estimate of drug-likeness (QED) is 0.379. The van der Waals surface area contributed by atoms with Crippen molar-refractivity contribution in [2.75, 3.05) is 33.7 Å². The molecule has 40 heavy (non-hydrogen) atoms. The summed E-state index contributed by atoms with van der Waals surface area (Å²) in [5.41, 5.74) is 0. The van der Waals surface area contributed by atoms with Gasteiger partial charge < -0.3 is 9.80 Å². The van der Waals surface area contributed by atoms with Crippen molar-refractivity contribution < 1.29 is 26.3 Å². The second-order valence-corrected chi connectivity index (χ2v) is 13.2. The zero-order chi connectivity index (χ0) is 29.1. The van der Waals surface area contributed by atoms with Gasteiger partial charge in [0.2, 0.25) is 0 Å². The number of nitrogens with zero attached hydrogens (tertiary/aromatic N) is 3. The third-order valence-electron chi connectivity index (χ3n) is 10.7. The van der Waals surface area contributed by atoms with Crippen LogP contribution in [0.1, 0.15) is 52.4 Å². The first-order valence-electron chi connectivity index (χ1n) is 14.8. The van der Waals surface area contributed by atoms with E-state index in [1.54, 1.807) is 11.9 Å². The van der Waals surface area contributed by atoms with Gasteiger partial charge in [-0.05, 0) is 62.3 Å². The molecule has 2 aliphatic carbocycles. The lowest BCUT2D eigenvalue weighted by molar-refractivity contribution is -0.201. The lowest BCUT2D eigenvalue weighted by atomic mass is 9.68. The van der Waals surface area contributed by atoms with E-state index in [1.165, 1.54) is 0 Å². The fourth-order valence-electron chi connectivity index (χ4n) is 8.58. The molecule has 5 rings (SSSR count). The molecule has 230 valence electrons. The molecule has 0 spiro atoms. The number of nitrogens with one attached hydrogen (secondary N) is 4. The molecule has 5 fully saturated rings. The summed E-state index contributed by atoms with van der Waals surface area (Å²) < 4.78 is 81.7. The number of hydrogen-bond acceptors (Lipinski definition) is 5. The Bertz CT molecular complexity index is 903. The van der Waals surface area contributed by atoms with E-state index in [0.29, 0.717) is 31.9 Å². The minimum Gasteiger partial charge on any atom is -0.338 e. The van der Waals surface area contributed by atoms with Crippen LogP contribution in [0, 0.1) is 40.9 Å². The molecule has 4 N–H and O–H groups in total. The van der Waals surface area contributed by atoms with Crippen LogP contribution in [0.15, 0.2) is 0 Å². The molecular formula is C27H45F6N7. The van der Waals surface area contributed by atoms with Gasteiger partial charge in [-0.2, -0.15) is 26.3 Å². The zero-order valence-corrected chi connectivity index (χ0v) is 23.8. The van der Waals surface area contributed by atoms with Crippen LogP contribution in [0.2, 0.25) is 0 Å². The molecular weight excluding hydrogens is 536 g/mol. The summed E-state index contributed by atoms with van der Waals surface area (Å²) in [7, 11) is 3.62. The lowest BCUT2D eigenvalue weighted by Crippen LogP contribution is -2.68. The summed E-state index contributed by atoms with van der Waals surface area (Å²) in [6.45, 7) is 5.37. The second-order valence-electron chi connectivity index (χ2n) is 13.2. The number of hydrogen-bond donors (Lipinski definition) is 4. The number of alkyl halides is 6. The highest BCUT2D eigenvalue weighted by Gasteiger charge is 2.53. The first kappa shape index (κ1) is 30.2. The van der Waals surface area contributed by atoms with Crippen molar-refractivity contribution in [2.24, 2.45) is 35.5 Å². The summed E-state index contributed by atoms with van der Waals surface area (Å²) in [4.78, 5) is 5.72. The Kier molecular flexibility index (Phi) is 8.35. The number of likely N-dealkylation sites (N-methyl/N-ethyl adjacent to an activating group) is 2. The summed E-state index contributed by atoms with van der Waals surface area (Å²) >= 11 is 0. The van der Waals surface area contributed by atoms with E-state index in [2.05, 4.69) is 29.8 Å². The molecule has 13 heteroatoms. The zero-order valence-electron chi connectivity index (χ0n) is 23.8. The second kappa shape index (κ2) is 11.1. The van der Waals surface area contributed by atoms with E-state index >= 15 is 0 Å². The van der Waals surface area contributed by atoms with Crippen LogP contribution in [0.3, 0.4) is 0 Å². The van der Waals surface area contributed by atoms with Crippen LogP contribution in [0.4, 0.5) is 26.3 Å². The summed E-state index contributed by atoms with van der Waals surface area (Å²) in [5, 5.41) is 18.6. The molecule has 0 bridgehead atoms. The molecule has 7 nitrogen and oxygen atoms in total. The molecule has 0 aromatic carbocycles. The van der Waals surface area contributed by atoms with Crippen LogP contribution in [0.25, 0.3) is 0 Å². The Labute approximate surface area is 233 Å². The molecule has 9 atom stereocenters. The van der Waals surface area contributed by atoms with E-state index in [-0.39, 0.29) is 55.0 Å². The van der Waals surface area contributed by atoms with Crippen molar-refractivity contribution in [3.05, 3.63) is 0 Å². The van der Waals surface area contributed by atoms with Crippen molar-refractivity contribution in [1.29, 1.82) is 5.41 Å². The third kappa shape index (κ3) is 5.68. The molecule has 0 aromatic rings. The minimum atomic E-state index is -4.27. The predicted molar refractivity (Wildman–Crippen MR) is 140 cm³/mol. The summed E-state index contributed by atoms with van der Waals surface area (Å²) in [6.07, 6.45) is -5.88. The van der Waals surface area contributed by atoms with Crippen molar-refractivity contribution in [1.82, 2.24) is 30.7 Å². The van der Waals surface area contributed by atoms with Gasteiger partial charge in [0.25, 0.3) is 0 Å². The Morgan fingerprint density at radius 2 is 1.55 bits per heavy atom. The molecule has 3 heterocycles. The third-order valence-corrected chi connectivity index (χ3v) is 10.7. The Balaban J connectivity index is 1.26. The van der Waals surface area contributed by atoms with E-state index in [4.69, 9.17) is 5.41 Å². The molecule has 3 aliphatic heterocycles. The van der Waals surface area contributed by atoms with Crippen LogP contribution < -0.4 is 16.0 Å². The van der Waals surface area contributed by atoms with E-state index < -0.39 is 36.4 Å². The summed E-state index contributed by atoms with van der Waals surface area (Å²) in [6, 6.07) is -1.57. The van der Waals surface area contributed by atoms with Gasteiger partial charge in [-0.15, -0.1) is 0 Å². The van der Waals surface area contributed by atoms with Gasteiger partial charge in [-0.25, -0.2) is 0 Å². The van der Waals surface area contributed by atoms with Crippen molar-refractivity contribution in [2.45, 2.75) is 95.3 Å². The molecule has 0 radical (unpaired) electrons. The smallest absolute Gasteiger partial charge is 0.338 e. The number of fused-ring (bicyclic) bond motifs is 1. The molecule has 0 aromatic heterocycles. The van der Waals surface area contributed by atoms with Gasteiger partial charge in [-0.1, -0.05) is 26.7 Å². The largest absolute Gasteiger partial charge is 0.405 e. The van der Waals surface area contributed by atoms with Gasteiger partial charge in [0.1, 0.15) is 12.2 Å². The first-order chi connectivity index (χ1) is 18.7.